The molecule has 0 atom stereocenters. The van der Waals surface area contributed by atoms with Crippen molar-refractivity contribution < 1.29 is 4.79 Å². The fourth-order valence-electron chi connectivity index (χ4n) is 3.04. The number of carbonyl (C=O) groups is 1. The van der Waals surface area contributed by atoms with Crippen LogP contribution >= 0.6 is 0 Å². The first kappa shape index (κ1) is 29.6. The minimum Gasteiger partial charge on any atom is -0.378 e. The molecule has 0 heterocycles. The monoisotopic (exact) mass is 403 g/mol. The highest BCUT2D eigenvalue weighted by atomic mass is 16.1. The number of allylic oxidation sites excluding steroid dienone is 1. The van der Waals surface area contributed by atoms with E-state index in [1.807, 2.05) is 27.9 Å². The highest BCUT2D eigenvalue weighted by Gasteiger charge is 2.25. The van der Waals surface area contributed by atoms with Gasteiger partial charge >= 0.3 is 0 Å². The summed E-state index contributed by atoms with van der Waals surface area (Å²) < 4.78 is 0. The predicted octanol–water partition coefficient (Wildman–Crippen LogP) is 8.39. The molecule has 0 aliphatic rings. The number of hydrogen-bond acceptors (Lipinski definition) is 2. The van der Waals surface area contributed by atoms with E-state index in [4.69, 9.17) is 0 Å². The van der Waals surface area contributed by atoms with Crippen molar-refractivity contribution in [3.8, 4) is 0 Å². The summed E-state index contributed by atoms with van der Waals surface area (Å²) in [7, 11) is 4.09. The Morgan fingerprint density at radius 2 is 1.45 bits per heavy atom. The summed E-state index contributed by atoms with van der Waals surface area (Å²) in [6.07, 6.45) is 8.86. The number of unbranched alkanes of at least 4 members (excludes halogenated alkanes) is 4. The first-order chi connectivity index (χ1) is 13.7. The lowest BCUT2D eigenvalue weighted by Crippen LogP contribution is -2.20. The number of carbonyl (C=O) groups excluding carboxylic acids is 1. The molecule has 1 aromatic carbocycles. The number of benzene rings is 1. The molecule has 0 spiro atoms. The Bertz CT molecular complexity index is 540. The van der Waals surface area contributed by atoms with Gasteiger partial charge < -0.3 is 4.90 Å². The van der Waals surface area contributed by atoms with Crippen LogP contribution in [0.25, 0.3) is 0 Å². The van der Waals surface area contributed by atoms with Crippen molar-refractivity contribution in [1.82, 2.24) is 0 Å². The van der Waals surface area contributed by atoms with Gasteiger partial charge in [0.1, 0.15) is 0 Å². The summed E-state index contributed by atoms with van der Waals surface area (Å²) in [4.78, 5) is 14.1. The summed E-state index contributed by atoms with van der Waals surface area (Å²) in [6, 6.07) is 8.48. The lowest BCUT2D eigenvalue weighted by Gasteiger charge is -2.25. The predicted molar refractivity (Wildman–Crippen MR) is 133 cm³/mol. The van der Waals surface area contributed by atoms with Crippen LogP contribution in [0.2, 0.25) is 0 Å². The van der Waals surface area contributed by atoms with E-state index in [0.29, 0.717) is 6.42 Å². The topological polar surface area (TPSA) is 20.3 Å². The van der Waals surface area contributed by atoms with Crippen LogP contribution < -0.4 is 4.90 Å². The first-order valence-electron chi connectivity index (χ1n) is 11.6. The van der Waals surface area contributed by atoms with Crippen molar-refractivity contribution in [3.63, 3.8) is 0 Å². The highest BCUT2D eigenvalue weighted by molar-refractivity contribution is 5.95. The van der Waals surface area contributed by atoms with Crippen LogP contribution in [0.5, 0.6) is 0 Å². The van der Waals surface area contributed by atoms with Gasteiger partial charge in [-0.1, -0.05) is 97.9 Å². The molecule has 0 saturated heterocycles. The SMILES string of the molecule is C=C(C(=O)CCCCCCC)C(C)(C)CCC.CC.Cc1ccc(N(C)C)cc1. The van der Waals surface area contributed by atoms with E-state index < -0.39 is 0 Å². The summed E-state index contributed by atoms with van der Waals surface area (Å²) in [5, 5.41) is 0. The number of rotatable bonds is 11. The molecule has 0 amide bonds. The number of hydrogen-bond donors (Lipinski definition) is 0. The number of Topliss-reactive ketones (excluding diaryl/α,β-unsaturated/α-hetero) is 1. The van der Waals surface area contributed by atoms with Crippen molar-refractivity contribution in [2.24, 2.45) is 5.41 Å². The minimum atomic E-state index is -0.0186. The Morgan fingerprint density at radius 1 is 0.931 bits per heavy atom. The van der Waals surface area contributed by atoms with Crippen LogP contribution in [-0.4, -0.2) is 19.9 Å². The van der Waals surface area contributed by atoms with Crippen LogP contribution in [0.4, 0.5) is 5.69 Å². The van der Waals surface area contributed by atoms with Crippen molar-refractivity contribution in [2.75, 3.05) is 19.0 Å². The number of aryl methyl sites for hydroxylation is 1. The van der Waals surface area contributed by atoms with Gasteiger partial charge in [0.2, 0.25) is 0 Å². The largest absolute Gasteiger partial charge is 0.378 e. The van der Waals surface area contributed by atoms with E-state index >= 15 is 0 Å². The Labute approximate surface area is 182 Å². The van der Waals surface area contributed by atoms with Crippen LogP contribution in [0.3, 0.4) is 0 Å². The van der Waals surface area contributed by atoms with E-state index in [0.717, 1.165) is 24.8 Å². The fraction of sp³-hybridized carbons (Fsp3) is 0.667. The van der Waals surface area contributed by atoms with Crippen molar-refractivity contribution in [3.05, 3.63) is 42.0 Å². The number of nitrogens with zero attached hydrogens (tertiary/aromatic N) is 1. The number of ketones is 1. The maximum absolute atomic E-state index is 12.0. The van der Waals surface area contributed by atoms with Gasteiger partial charge in [0.05, 0.1) is 0 Å². The van der Waals surface area contributed by atoms with Gasteiger partial charge in [-0.05, 0) is 42.9 Å². The lowest BCUT2D eigenvalue weighted by atomic mass is 9.78. The molecular weight excluding hydrogens is 354 g/mol. The second-order valence-electron chi connectivity index (χ2n) is 8.43. The van der Waals surface area contributed by atoms with Crippen molar-refractivity contribution >= 4 is 11.5 Å². The second kappa shape index (κ2) is 17.3. The first-order valence-corrected chi connectivity index (χ1v) is 11.6. The van der Waals surface area contributed by atoms with E-state index in [1.165, 1.54) is 36.9 Å². The van der Waals surface area contributed by atoms with E-state index in [9.17, 15) is 4.79 Å². The van der Waals surface area contributed by atoms with Crippen LogP contribution in [0.1, 0.15) is 98.5 Å². The molecule has 0 fully saturated rings. The molecule has 2 nitrogen and oxygen atoms in total. The van der Waals surface area contributed by atoms with Crippen molar-refractivity contribution in [1.29, 1.82) is 0 Å². The maximum Gasteiger partial charge on any atom is 0.158 e. The average molecular weight is 404 g/mol. The third-order valence-corrected chi connectivity index (χ3v) is 5.09. The molecule has 0 radical (unpaired) electrons. The molecule has 1 rings (SSSR count). The maximum atomic E-state index is 12.0. The van der Waals surface area contributed by atoms with Gasteiger partial charge in [-0.25, -0.2) is 0 Å². The molecule has 168 valence electrons. The molecule has 0 bridgehead atoms. The van der Waals surface area contributed by atoms with E-state index in [2.05, 4.69) is 70.4 Å². The van der Waals surface area contributed by atoms with Crippen LogP contribution in [0.15, 0.2) is 36.4 Å². The van der Waals surface area contributed by atoms with E-state index in [-0.39, 0.29) is 11.2 Å². The van der Waals surface area contributed by atoms with Gasteiger partial charge in [-0.2, -0.15) is 0 Å². The summed E-state index contributed by atoms with van der Waals surface area (Å²) >= 11 is 0. The molecule has 0 aromatic heterocycles. The second-order valence-corrected chi connectivity index (χ2v) is 8.43. The molecule has 0 N–H and O–H groups in total. The number of anilines is 1. The zero-order valence-electron chi connectivity index (χ0n) is 21.0. The minimum absolute atomic E-state index is 0.0186. The average Bonchev–Trinajstić information content (AvgIpc) is 2.69. The van der Waals surface area contributed by atoms with Gasteiger partial charge in [-0.3, -0.25) is 4.79 Å². The van der Waals surface area contributed by atoms with Gasteiger partial charge in [0, 0.05) is 26.2 Å². The molecule has 29 heavy (non-hydrogen) atoms. The molecule has 2 heteroatoms. The van der Waals surface area contributed by atoms with Crippen LogP contribution in [0, 0.1) is 12.3 Å². The van der Waals surface area contributed by atoms with Gasteiger partial charge in [0.15, 0.2) is 5.78 Å². The van der Waals surface area contributed by atoms with Gasteiger partial charge in [0.25, 0.3) is 0 Å². The molecular formula is C27H49NO. The fourth-order valence-corrected chi connectivity index (χ4v) is 3.04. The zero-order chi connectivity index (χ0) is 22.9. The Balaban J connectivity index is 0. The Hall–Kier alpha value is -1.57. The Kier molecular flexibility index (Phi) is 17.7. The normalized spacial score (nSPS) is 10.2. The Morgan fingerprint density at radius 3 is 1.90 bits per heavy atom. The lowest BCUT2D eigenvalue weighted by molar-refractivity contribution is -0.116. The molecule has 1 aromatic rings. The molecule has 0 aliphatic heterocycles. The summed E-state index contributed by atoms with van der Waals surface area (Å²) in [5.41, 5.74) is 3.38. The third kappa shape index (κ3) is 14.1. The molecule has 0 saturated carbocycles. The van der Waals surface area contributed by atoms with Gasteiger partial charge in [-0.15, -0.1) is 0 Å². The quantitative estimate of drug-likeness (QED) is 0.273. The third-order valence-electron chi connectivity index (χ3n) is 5.09. The smallest absolute Gasteiger partial charge is 0.158 e. The highest BCUT2D eigenvalue weighted by Crippen LogP contribution is 2.31. The van der Waals surface area contributed by atoms with Crippen molar-refractivity contribution in [2.45, 2.75) is 99.8 Å². The summed E-state index contributed by atoms with van der Waals surface area (Å²) in [6.45, 7) is 18.7. The zero-order valence-corrected chi connectivity index (χ0v) is 21.0. The molecule has 0 unspecified atom stereocenters. The summed E-state index contributed by atoms with van der Waals surface area (Å²) in [5.74, 6) is 0.278. The van der Waals surface area contributed by atoms with E-state index in [1.54, 1.807) is 0 Å². The standard InChI is InChI=1S/C16H30O.C9H13N.C2H6/c1-6-8-9-10-11-12-15(17)14(3)16(4,5)13-7-2;1-8-4-6-9(7-5-8)10(2)3;1-2/h3,6-13H2,1-2,4-5H3;4-7H,1-3H3;1-2H3. The van der Waals surface area contributed by atoms with Crippen LogP contribution in [-0.2, 0) is 4.79 Å². The molecule has 0 aliphatic carbocycles.